The SMILES string of the molecule is CC1(C)C(C)(C)C1(C)C(=O)NCCc1ccc(C(F)(F)F)cc1. The van der Waals surface area contributed by atoms with E-state index in [-0.39, 0.29) is 16.7 Å². The second-order valence-electron chi connectivity index (χ2n) is 7.58. The van der Waals surface area contributed by atoms with Crippen LogP contribution in [0.25, 0.3) is 0 Å². The zero-order valence-corrected chi connectivity index (χ0v) is 14.3. The average molecular weight is 327 g/mol. The molecule has 1 aromatic rings. The number of rotatable bonds is 4. The minimum absolute atomic E-state index is 0.0133. The van der Waals surface area contributed by atoms with Gasteiger partial charge in [-0.15, -0.1) is 0 Å². The Labute approximate surface area is 135 Å². The van der Waals surface area contributed by atoms with E-state index >= 15 is 0 Å². The third-order valence-corrected chi connectivity index (χ3v) is 6.43. The number of benzene rings is 1. The van der Waals surface area contributed by atoms with Gasteiger partial charge in [0.1, 0.15) is 0 Å². The van der Waals surface area contributed by atoms with Gasteiger partial charge in [-0.1, -0.05) is 39.8 Å². The fraction of sp³-hybridized carbons (Fsp3) is 0.611. The summed E-state index contributed by atoms with van der Waals surface area (Å²) in [5.74, 6) is 0.0133. The number of hydrogen-bond donors (Lipinski definition) is 1. The summed E-state index contributed by atoms with van der Waals surface area (Å²) >= 11 is 0. The van der Waals surface area contributed by atoms with E-state index in [0.717, 1.165) is 17.7 Å². The molecule has 5 heteroatoms. The summed E-state index contributed by atoms with van der Waals surface area (Å²) in [5.41, 5.74) is -0.436. The molecule has 128 valence electrons. The summed E-state index contributed by atoms with van der Waals surface area (Å²) in [6.45, 7) is 10.7. The standard InChI is InChI=1S/C18H24F3NO/c1-15(2)16(3,4)17(15,5)14(23)22-11-10-12-6-8-13(9-7-12)18(19,20)21/h6-9H,10-11H2,1-5H3,(H,22,23). The lowest BCUT2D eigenvalue weighted by atomic mass is 9.96. The van der Waals surface area contributed by atoms with Crippen LogP contribution in [0.3, 0.4) is 0 Å². The van der Waals surface area contributed by atoms with E-state index in [4.69, 9.17) is 0 Å². The molecule has 0 spiro atoms. The molecule has 0 aliphatic heterocycles. The highest BCUT2D eigenvalue weighted by Crippen LogP contribution is 2.77. The summed E-state index contributed by atoms with van der Waals surface area (Å²) in [6, 6.07) is 5.07. The van der Waals surface area contributed by atoms with Crippen molar-refractivity contribution in [2.75, 3.05) is 6.54 Å². The maximum atomic E-state index is 12.5. The lowest BCUT2D eigenvalue weighted by Crippen LogP contribution is -2.35. The van der Waals surface area contributed by atoms with Gasteiger partial charge in [0.05, 0.1) is 11.0 Å². The normalized spacial score (nSPS) is 20.9. The van der Waals surface area contributed by atoms with Gasteiger partial charge in [0.2, 0.25) is 5.91 Å². The zero-order chi connectivity index (χ0) is 17.7. The predicted molar refractivity (Wildman–Crippen MR) is 83.8 cm³/mol. The van der Waals surface area contributed by atoms with E-state index in [2.05, 4.69) is 33.0 Å². The van der Waals surface area contributed by atoms with Gasteiger partial charge in [0, 0.05) is 6.54 Å². The molecule has 1 N–H and O–H groups in total. The number of carbonyl (C=O) groups is 1. The topological polar surface area (TPSA) is 29.1 Å². The Morgan fingerprint density at radius 2 is 1.48 bits per heavy atom. The van der Waals surface area contributed by atoms with Crippen LogP contribution in [0.15, 0.2) is 24.3 Å². The molecule has 0 radical (unpaired) electrons. The van der Waals surface area contributed by atoms with Crippen molar-refractivity contribution in [3.8, 4) is 0 Å². The Morgan fingerprint density at radius 1 is 1.00 bits per heavy atom. The Morgan fingerprint density at radius 3 is 1.87 bits per heavy atom. The summed E-state index contributed by atoms with van der Waals surface area (Å²) in [6.07, 6.45) is -3.80. The molecule has 0 heterocycles. The van der Waals surface area contributed by atoms with Crippen LogP contribution in [-0.4, -0.2) is 12.5 Å². The molecule has 1 aliphatic carbocycles. The number of nitrogens with one attached hydrogen (secondary N) is 1. The molecule has 0 saturated heterocycles. The van der Waals surface area contributed by atoms with Crippen molar-refractivity contribution in [3.05, 3.63) is 35.4 Å². The predicted octanol–water partition coefficient (Wildman–Crippen LogP) is 4.44. The van der Waals surface area contributed by atoms with E-state index in [1.54, 1.807) is 0 Å². The lowest BCUT2D eigenvalue weighted by molar-refractivity contribution is -0.137. The fourth-order valence-electron chi connectivity index (χ4n) is 3.52. The lowest BCUT2D eigenvalue weighted by Gasteiger charge is -2.16. The molecule has 1 fully saturated rings. The van der Waals surface area contributed by atoms with Gasteiger partial charge in [-0.2, -0.15) is 13.2 Å². The molecule has 1 saturated carbocycles. The van der Waals surface area contributed by atoms with Gasteiger partial charge in [0.25, 0.3) is 0 Å². The number of amides is 1. The van der Waals surface area contributed by atoms with Crippen molar-refractivity contribution in [3.63, 3.8) is 0 Å². The van der Waals surface area contributed by atoms with Gasteiger partial charge in [-0.05, 0) is 41.9 Å². The maximum absolute atomic E-state index is 12.5. The number of halogens is 3. The molecule has 0 aromatic heterocycles. The molecular formula is C18H24F3NO. The highest BCUT2D eigenvalue weighted by atomic mass is 19.4. The molecule has 23 heavy (non-hydrogen) atoms. The first-order chi connectivity index (χ1) is 10.4. The van der Waals surface area contributed by atoms with Crippen LogP contribution in [0.2, 0.25) is 0 Å². The third-order valence-electron chi connectivity index (χ3n) is 6.43. The van der Waals surface area contributed by atoms with Gasteiger partial charge in [0.15, 0.2) is 0 Å². The van der Waals surface area contributed by atoms with Crippen LogP contribution in [0, 0.1) is 16.2 Å². The quantitative estimate of drug-likeness (QED) is 0.870. The van der Waals surface area contributed by atoms with E-state index < -0.39 is 17.2 Å². The first-order valence-electron chi connectivity index (χ1n) is 7.80. The van der Waals surface area contributed by atoms with Crippen molar-refractivity contribution < 1.29 is 18.0 Å². The first kappa shape index (κ1) is 17.8. The highest BCUT2D eigenvalue weighted by Gasteiger charge is 2.77. The fourth-order valence-corrected chi connectivity index (χ4v) is 3.52. The molecule has 0 atom stereocenters. The van der Waals surface area contributed by atoms with E-state index in [9.17, 15) is 18.0 Å². The molecular weight excluding hydrogens is 303 g/mol. The van der Waals surface area contributed by atoms with Gasteiger partial charge < -0.3 is 5.32 Å². The monoisotopic (exact) mass is 327 g/mol. The molecule has 0 unspecified atom stereocenters. The van der Waals surface area contributed by atoms with Crippen LogP contribution in [-0.2, 0) is 17.4 Å². The van der Waals surface area contributed by atoms with Crippen molar-refractivity contribution in [1.29, 1.82) is 0 Å². The number of carbonyl (C=O) groups excluding carboxylic acids is 1. The van der Waals surface area contributed by atoms with Crippen molar-refractivity contribution in [1.82, 2.24) is 5.32 Å². The minimum atomic E-state index is -4.32. The Hall–Kier alpha value is -1.52. The van der Waals surface area contributed by atoms with Crippen molar-refractivity contribution in [2.24, 2.45) is 16.2 Å². The van der Waals surface area contributed by atoms with Crippen LogP contribution in [0.4, 0.5) is 13.2 Å². The highest BCUT2D eigenvalue weighted by molar-refractivity contribution is 5.88. The number of hydrogen-bond acceptors (Lipinski definition) is 1. The summed E-state index contributed by atoms with van der Waals surface area (Å²) in [7, 11) is 0. The number of alkyl halides is 3. The molecule has 1 aliphatic rings. The van der Waals surface area contributed by atoms with E-state index in [1.807, 2.05) is 6.92 Å². The van der Waals surface area contributed by atoms with Gasteiger partial charge in [-0.25, -0.2) is 0 Å². The second-order valence-corrected chi connectivity index (χ2v) is 7.58. The maximum Gasteiger partial charge on any atom is 0.416 e. The summed E-state index contributed by atoms with van der Waals surface area (Å²) < 4.78 is 37.5. The van der Waals surface area contributed by atoms with Crippen molar-refractivity contribution in [2.45, 2.75) is 47.2 Å². The largest absolute Gasteiger partial charge is 0.416 e. The van der Waals surface area contributed by atoms with Crippen LogP contribution >= 0.6 is 0 Å². The average Bonchev–Trinajstić information content (AvgIpc) is 2.76. The summed E-state index contributed by atoms with van der Waals surface area (Å²) in [4.78, 5) is 12.5. The Balaban J connectivity index is 1.90. The molecule has 0 bridgehead atoms. The minimum Gasteiger partial charge on any atom is -0.355 e. The van der Waals surface area contributed by atoms with Crippen LogP contribution in [0.1, 0.15) is 45.7 Å². The van der Waals surface area contributed by atoms with Crippen molar-refractivity contribution >= 4 is 5.91 Å². The summed E-state index contributed by atoms with van der Waals surface area (Å²) in [5, 5.41) is 2.93. The van der Waals surface area contributed by atoms with Gasteiger partial charge in [-0.3, -0.25) is 4.79 Å². The Bertz CT molecular complexity index is 586. The molecule has 1 amide bonds. The third kappa shape index (κ3) is 2.64. The van der Waals surface area contributed by atoms with Crippen LogP contribution in [0.5, 0.6) is 0 Å². The zero-order valence-electron chi connectivity index (χ0n) is 14.3. The second kappa shape index (κ2) is 5.25. The smallest absolute Gasteiger partial charge is 0.355 e. The molecule has 1 aromatic carbocycles. The molecule has 2 nitrogen and oxygen atoms in total. The van der Waals surface area contributed by atoms with E-state index in [1.165, 1.54) is 12.1 Å². The Kier molecular flexibility index (Phi) is 4.07. The molecule has 2 rings (SSSR count). The van der Waals surface area contributed by atoms with Crippen LogP contribution < -0.4 is 5.32 Å². The first-order valence-corrected chi connectivity index (χ1v) is 7.80. The van der Waals surface area contributed by atoms with Gasteiger partial charge >= 0.3 is 6.18 Å². The van der Waals surface area contributed by atoms with E-state index in [0.29, 0.717) is 13.0 Å².